The van der Waals surface area contributed by atoms with Crippen LogP contribution in [0, 0.1) is 18.3 Å². The molecule has 1 aromatic heterocycles. The highest BCUT2D eigenvalue weighted by atomic mass is 16.5. The fourth-order valence-corrected chi connectivity index (χ4v) is 2.59. The molecule has 2 fully saturated rings. The minimum absolute atomic E-state index is 0.589. The number of aryl methyl sites for hydroxylation is 1. The third-order valence-electron chi connectivity index (χ3n) is 3.98. The van der Waals surface area contributed by atoms with Crippen molar-refractivity contribution in [1.29, 1.82) is 0 Å². The molecule has 2 saturated carbocycles. The van der Waals surface area contributed by atoms with Gasteiger partial charge in [-0.1, -0.05) is 0 Å². The SMILES string of the molecule is COc1cc(NCC2(C3CC3)CC2)nc(C)n1. The first-order valence-corrected chi connectivity index (χ1v) is 6.35. The van der Waals surface area contributed by atoms with Crippen LogP contribution in [0.15, 0.2) is 6.07 Å². The molecule has 2 aliphatic rings. The molecule has 1 heterocycles. The minimum Gasteiger partial charge on any atom is -0.481 e. The molecule has 0 bridgehead atoms. The van der Waals surface area contributed by atoms with Gasteiger partial charge in [0.25, 0.3) is 0 Å². The number of nitrogens with one attached hydrogen (secondary N) is 1. The lowest BCUT2D eigenvalue weighted by molar-refractivity contribution is 0.395. The minimum atomic E-state index is 0.589. The van der Waals surface area contributed by atoms with Crippen LogP contribution in [0.1, 0.15) is 31.5 Å². The number of hydrogen-bond acceptors (Lipinski definition) is 4. The van der Waals surface area contributed by atoms with Crippen LogP contribution in [-0.4, -0.2) is 23.6 Å². The van der Waals surface area contributed by atoms with Crippen LogP contribution in [0.2, 0.25) is 0 Å². The summed E-state index contributed by atoms with van der Waals surface area (Å²) in [5, 5.41) is 3.45. The monoisotopic (exact) mass is 233 g/mol. The van der Waals surface area contributed by atoms with Crippen LogP contribution in [0.3, 0.4) is 0 Å². The average molecular weight is 233 g/mol. The molecule has 0 amide bonds. The first-order valence-electron chi connectivity index (χ1n) is 6.35. The van der Waals surface area contributed by atoms with E-state index in [1.807, 2.05) is 13.0 Å². The zero-order valence-electron chi connectivity index (χ0n) is 10.5. The van der Waals surface area contributed by atoms with Crippen LogP contribution in [0.4, 0.5) is 5.82 Å². The Balaban J connectivity index is 1.66. The van der Waals surface area contributed by atoms with E-state index in [0.717, 1.165) is 24.1 Å². The number of methoxy groups -OCH3 is 1. The fraction of sp³-hybridized carbons (Fsp3) is 0.692. The van der Waals surface area contributed by atoms with E-state index in [9.17, 15) is 0 Å². The summed E-state index contributed by atoms with van der Waals surface area (Å²) in [5.41, 5.74) is 0.589. The molecular formula is C13H19N3O. The van der Waals surface area contributed by atoms with Gasteiger partial charge in [-0.25, -0.2) is 4.98 Å². The number of nitrogens with zero attached hydrogens (tertiary/aromatic N) is 2. The van der Waals surface area contributed by atoms with Crippen molar-refractivity contribution in [3.63, 3.8) is 0 Å². The summed E-state index contributed by atoms with van der Waals surface area (Å²) in [7, 11) is 1.64. The van der Waals surface area contributed by atoms with Gasteiger partial charge in [-0.2, -0.15) is 4.98 Å². The molecule has 0 unspecified atom stereocenters. The Bertz CT molecular complexity index is 425. The van der Waals surface area contributed by atoms with Crippen molar-refractivity contribution in [3.8, 4) is 5.88 Å². The lowest BCUT2D eigenvalue weighted by atomic mass is 10.0. The summed E-state index contributed by atoms with van der Waals surface area (Å²) < 4.78 is 5.15. The Labute approximate surface area is 102 Å². The molecule has 4 nitrogen and oxygen atoms in total. The number of hydrogen-bond donors (Lipinski definition) is 1. The molecule has 1 N–H and O–H groups in total. The molecule has 0 atom stereocenters. The summed E-state index contributed by atoms with van der Waals surface area (Å²) in [6.45, 7) is 2.94. The van der Waals surface area contributed by atoms with Gasteiger partial charge >= 0.3 is 0 Å². The molecule has 0 spiro atoms. The number of aromatic nitrogens is 2. The van der Waals surface area contributed by atoms with Gasteiger partial charge in [-0.15, -0.1) is 0 Å². The maximum atomic E-state index is 5.15. The van der Waals surface area contributed by atoms with Crippen LogP contribution in [0.5, 0.6) is 5.88 Å². The van der Waals surface area contributed by atoms with Gasteiger partial charge in [0, 0.05) is 12.6 Å². The van der Waals surface area contributed by atoms with E-state index in [1.54, 1.807) is 7.11 Å². The number of anilines is 1. The molecule has 2 aliphatic carbocycles. The predicted octanol–water partition coefficient (Wildman–Crippen LogP) is 2.40. The van der Waals surface area contributed by atoms with Crippen molar-refractivity contribution >= 4 is 5.82 Å². The highest BCUT2D eigenvalue weighted by Crippen LogP contribution is 2.61. The molecular weight excluding hydrogens is 214 g/mol. The van der Waals surface area contributed by atoms with E-state index >= 15 is 0 Å². The Kier molecular flexibility index (Phi) is 2.45. The largest absolute Gasteiger partial charge is 0.481 e. The van der Waals surface area contributed by atoms with Crippen LogP contribution >= 0.6 is 0 Å². The Morgan fingerprint density at radius 1 is 1.41 bits per heavy atom. The van der Waals surface area contributed by atoms with Crippen molar-refractivity contribution < 1.29 is 4.74 Å². The van der Waals surface area contributed by atoms with Gasteiger partial charge in [0.1, 0.15) is 11.6 Å². The van der Waals surface area contributed by atoms with Crippen molar-refractivity contribution in [2.75, 3.05) is 19.0 Å². The van der Waals surface area contributed by atoms with Gasteiger partial charge in [0.05, 0.1) is 7.11 Å². The Morgan fingerprint density at radius 3 is 2.76 bits per heavy atom. The third-order valence-corrected chi connectivity index (χ3v) is 3.98. The summed E-state index contributed by atoms with van der Waals surface area (Å²) >= 11 is 0. The van der Waals surface area contributed by atoms with Gasteiger partial charge < -0.3 is 10.1 Å². The normalized spacial score (nSPS) is 21.1. The zero-order valence-corrected chi connectivity index (χ0v) is 10.5. The highest BCUT2D eigenvalue weighted by Gasteiger charge is 2.53. The molecule has 0 aromatic carbocycles. The number of rotatable bonds is 5. The van der Waals surface area contributed by atoms with E-state index in [1.165, 1.54) is 25.7 Å². The van der Waals surface area contributed by atoms with Crippen molar-refractivity contribution in [3.05, 3.63) is 11.9 Å². The van der Waals surface area contributed by atoms with Gasteiger partial charge in [-0.05, 0) is 43.9 Å². The Morgan fingerprint density at radius 2 is 2.18 bits per heavy atom. The molecule has 0 aliphatic heterocycles. The lowest BCUT2D eigenvalue weighted by Gasteiger charge is -2.15. The van der Waals surface area contributed by atoms with Crippen LogP contribution < -0.4 is 10.1 Å². The highest BCUT2D eigenvalue weighted by molar-refractivity contribution is 5.39. The van der Waals surface area contributed by atoms with Crippen LogP contribution in [-0.2, 0) is 0 Å². The summed E-state index contributed by atoms with van der Waals surface area (Å²) in [6, 6.07) is 1.87. The second-order valence-corrected chi connectivity index (χ2v) is 5.33. The maximum absolute atomic E-state index is 5.15. The van der Waals surface area contributed by atoms with Gasteiger partial charge in [0.2, 0.25) is 5.88 Å². The lowest BCUT2D eigenvalue weighted by Crippen LogP contribution is -2.18. The first kappa shape index (κ1) is 10.8. The van der Waals surface area contributed by atoms with E-state index in [0.29, 0.717) is 11.3 Å². The zero-order chi connectivity index (χ0) is 11.9. The summed E-state index contributed by atoms with van der Waals surface area (Å²) in [4.78, 5) is 8.58. The van der Waals surface area contributed by atoms with E-state index < -0.39 is 0 Å². The van der Waals surface area contributed by atoms with E-state index in [2.05, 4.69) is 15.3 Å². The van der Waals surface area contributed by atoms with E-state index in [-0.39, 0.29) is 0 Å². The molecule has 92 valence electrons. The van der Waals surface area contributed by atoms with Gasteiger partial charge in [0.15, 0.2) is 0 Å². The van der Waals surface area contributed by atoms with Crippen LogP contribution in [0.25, 0.3) is 0 Å². The first-order chi connectivity index (χ1) is 8.22. The van der Waals surface area contributed by atoms with E-state index in [4.69, 9.17) is 4.74 Å². The molecule has 0 saturated heterocycles. The second kappa shape index (κ2) is 3.86. The quantitative estimate of drug-likeness (QED) is 0.848. The second-order valence-electron chi connectivity index (χ2n) is 5.33. The molecule has 3 rings (SSSR count). The molecule has 17 heavy (non-hydrogen) atoms. The third kappa shape index (κ3) is 2.21. The summed E-state index contributed by atoms with van der Waals surface area (Å²) in [5.74, 6) is 3.25. The fourth-order valence-electron chi connectivity index (χ4n) is 2.59. The van der Waals surface area contributed by atoms with Crippen molar-refractivity contribution in [2.24, 2.45) is 11.3 Å². The topological polar surface area (TPSA) is 47.0 Å². The molecule has 0 radical (unpaired) electrons. The Hall–Kier alpha value is -1.32. The average Bonchev–Trinajstić information content (AvgIpc) is 3.15. The molecule has 4 heteroatoms. The smallest absolute Gasteiger partial charge is 0.218 e. The standard InChI is InChI=1S/C13H19N3O/c1-9-15-11(7-12(16-9)17-2)14-8-13(5-6-13)10-3-4-10/h7,10H,3-6,8H2,1-2H3,(H,14,15,16). The van der Waals surface area contributed by atoms with Crippen molar-refractivity contribution in [1.82, 2.24) is 9.97 Å². The maximum Gasteiger partial charge on any atom is 0.218 e. The summed E-state index contributed by atoms with van der Waals surface area (Å²) in [6.07, 6.45) is 5.61. The molecule has 1 aromatic rings. The van der Waals surface area contributed by atoms with Crippen molar-refractivity contribution in [2.45, 2.75) is 32.6 Å². The number of ether oxygens (including phenoxy) is 1. The predicted molar refractivity (Wildman–Crippen MR) is 66.2 cm³/mol. The van der Waals surface area contributed by atoms with Gasteiger partial charge in [-0.3, -0.25) is 0 Å².